The van der Waals surface area contributed by atoms with Crippen molar-refractivity contribution in [2.45, 2.75) is 32.6 Å². The normalized spacial score (nSPS) is 10.1. The largest absolute Gasteiger partial charge is 0.0654 e. The summed E-state index contributed by atoms with van der Waals surface area (Å²) in [4.78, 5) is 2.95. The van der Waals surface area contributed by atoms with Gasteiger partial charge in [0, 0.05) is 10.6 Å². The van der Waals surface area contributed by atoms with E-state index in [1.54, 1.807) is 0 Å². The van der Waals surface area contributed by atoms with Crippen molar-refractivity contribution in [3.05, 3.63) is 64.5 Å². The van der Waals surface area contributed by atoms with E-state index in [1.807, 2.05) is 36.4 Å². The third-order valence-electron chi connectivity index (χ3n) is 3.37. The SMILES string of the molecule is CCCCCc1ccc(-c2ccccc2)c(N=[N+]=[N-])c1. The summed E-state index contributed by atoms with van der Waals surface area (Å²) in [6, 6.07) is 16.2. The lowest BCUT2D eigenvalue weighted by Crippen LogP contribution is -1.87. The van der Waals surface area contributed by atoms with Gasteiger partial charge in [-0.05, 0) is 41.1 Å². The minimum absolute atomic E-state index is 0.715. The van der Waals surface area contributed by atoms with Gasteiger partial charge in [0.1, 0.15) is 0 Å². The molecule has 0 spiro atoms. The van der Waals surface area contributed by atoms with Crippen LogP contribution in [0.4, 0.5) is 5.69 Å². The molecule has 0 aliphatic carbocycles. The highest BCUT2D eigenvalue weighted by molar-refractivity contribution is 5.76. The van der Waals surface area contributed by atoms with E-state index in [2.05, 4.69) is 29.1 Å². The maximum Gasteiger partial charge on any atom is 0.0456 e. The highest BCUT2D eigenvalue weighted by Crippen LogP contribution is 2.31. The van der Waals surface area contributed by atoms with Gasteiger partial charge in [0.05, 0.1) is 0 Å². The second kappa shape index (κ2) is 7.37. The van der Waals surface area contributed by atoms with Crippen molar-refractivity contribution in [3.8, 4) is 11.1 Å². The number of hydrogen-bond donors (Lipinski definition) is 0. The number of benzene rings is 2. The van der Waals surface area contributed by atoms with Crippen LogP contribution in [0.3, 0.4) is 0 Å². The number of azide groups is 1. The van der Waals surface area contributed by atoms with E-state index in [4.69, 9.17) is 5.53 Å². The lowest BCUT2D eigenvalue weighted by atomic mass is 9.99. The molecule has 0 aliphatic rings. The fraction of sp³-hybridized carbons (Fsp3) is 0.294. The molecule has 0 radical (unpaired) electrons. The van der Waals surface area contributed by atoms with Gasteiger partial charge in [0.15, 0.2) is 0 Å². The molecule has 3 heteroatoms. The Morgan fingerprint density at radius 2 is 1.85 bits per heavy atom. The van der Waals surface area contributed by atoms with E-state index in [9.17, 15) is 0 Å². The predicted molar refractivity (Wildman–Crippen MR) is 83.9 cm³/mol. The zero-order chi connectivity index (χ0) is 14.2. The van der Waals surface area contributed by atoms with Crippen molar-refractivity contribution in [3.63, 3.8) is 0 Å². The molecule has 0 bridgehead atoms. The van der Waals surface area contributed by atoms with E-state index < -0.39 is 0 Å². The first-order valence-electron chi connectivity index (χ1n) is 7.08. The maximum absolute atomic E-state index is 8.75. The van der Waals surface area contributed by atoms with Crippen LogP contribution in [0.15, 0.2) is 53.6 Å². The van der Waals surface area contributed by atoms with Crippen LogP contribution in [-0.2, 0) is 6.42 Å². The van der Waals surface area contributed by atoms with Gasteiger partial charge in [-0.25, -0.2) is 0 Å². The molecule has 0 N–H and O–H groups in total. The van der Waals surface area contributed by atoms with E-state index >= 15 is 0 Å². The molecule has 0 aliphatic heterocycles. The Hall–Kier alpha value is -2.25. The van der Waals surface area contributed by atoms with Crippen LogP contribution in [0, 0.1) is 0 Å². The molecule has 0 heterocycles. The number of hydrogen-bond acceptors (Lipinski definition) is 1. The summed E-state index contributed by atoms with van der Waals surface area (Å²) in [5, 5.41) is 3.85. The van der Waals surface area contributed by atoms with Crippen LogP contribution in [0.25, 0.3) is 21.6 Å². The fourth-order valence-corrected chi connectivity index (χ4v) is 2.30. The number of unbranched alkanes of at least 4 members (excludes halogenated alkanes) is 2. The van der Waals surface area contributed by atoms with E-state index in [0.717, 1.165) is 17.5 Å². The van der Waals surface area contributed by atoms with Crippen LogP contribution in [-0.4, -0.2) is 0 Å². The average molecular weight is 265 g/mol. The first kappa shape index (κ1) is 14.2. The predicted octanol–water partition coefficient (Wildman–Crippen LogP) is 6.03. The molecule has 0 saturated heterocycles. The minimum atomic E-state index is 0.715. The molecular formula is C17H19N3. The second-order valence-corrected chi connectivity index (χ2v) is 4.86. The molecule has 0 fully saturated rings. The van der Waals surface area contributed by atoms with Gasteiger partial charge in [-0.1, -0.05) is 67.3 Å². The molecule has 0 atom stereocenters. The van der Waals surface area contributed by atoms with Crippen molar-refractivity contribution >= 4 is 5.69 Å². The van der Waals surface area contributed by atoms with Crippen molar-refractivity contribution < 1.29 is 0 Å². The Morgan fingerprint density at radius 3 is 2.55 bits per heavy atom. The molecule has 2 aromatic rings. The summed E-state index contributed by atoms with van der Waals surface area (Å²) in [5.41, 5.74) is 12.8. The highest BCUT2D eigenvalue weighted by atomic mass is 15.1. The molecule has 0 aromatic heterocycles. The van der Waals surface area contributed by atoms with Gasteiger partial charge >= 0.3 is 0 Å². The van der Waals surface area contributed by atoms with Crippen LogP contribution in [0.5, 0.6) is 0 Å². The number of nitrogens with zero attached hydrogens (tertiary/aromatic N) is 3. The minimum Gasteiger partial charge on any atom is -0.0654 e. The molecular weight excluding hydrogens is 246 g/mol. The zero-order valence-corrected chi connectivity index (χ0v) is 11.8. The summed E-state index contributed by atoms with van der Waals surface area (Å²) < 4.78 is 0. The Labute approximate surface area is 119 Å². The van der Waals surface area contributed by atoms with Gasteiger partial charge in [0.2, 0.25) is 0 Å². The topological polar surface area (TPSA) is 48.8 Å². The van der Waals surface area contributed by atoms with Crippen molar-refractivity contribution in [1.82, 2.24) is 0 Å². The summed E-state index contributed by atoms with van der Waals surface area (Å²) in [6.07, 6.45) is 4.66. The fourth-order valence-electron chi connectivity index (χ4n) is 2.30. The van der Waals surface area contributed by atoms with Crippen molar-refractivity contribution in [1.29, 1.82) is 0 Å². The molecule has 2 rings (SSSR count). The van der Waals surface area contributed by atoms with Crippen LogP contribution in [0.2, 0.25) is 0 Å². The first-order valence-corrected chi connectivity index (χ1v) is 7.08. The standard InChI is InChI=1S/C17H19N3/c1-2-3-5-8-14-11-12-16(17(13-14)19-20-18)15-9-6-4-7-10-15/h4,6-7,9-13H,2-3,5,8H2,1H3. The van der Waals surface area contributed by atoms with Gasteiger partial charge < -0.3 is 0 Å². The Morgan fingerprint density at radius 1 is 1.05 bits per heavy atom. The van der Waals surface area contributed by atoms with E-state index in [0.29, 0.717) is 5.69 Å². The lowest BCUT2D eigenvalue weighted by molar-refractivity contribution is 0.717. The molecule has 0 unspecified atom stereocenters. The first-order chi connectivity index (χ1) is 9.85. The Balaban J connectivity index is 2.31. The molecule has 0 amide bonds. The van der Waals surface area contributed by atoms with Gasteiger partial charge in [-0.3, -0.25) is 0 Å². The highest BCUT2D eigenvalue weighted by Gasteiger charge is 2.05. The van der Waals surface area contributed by atoms with Crippen molar-refractivity contribution in [2.24, 2.45) is 5.11 Å². The third-order valence-corrected chi connectivity index (χ3v) is 3.37. The number of aryl methyl sites for hydroxylation is 1. The molecule has 102 valence electrons. The quantitative estimate of drug-likeness (QED) is 0.265. The molecule has 0 saturated carbocycles. The smallest absolute Gasteiger partial charge is 0.0456 e. The zero-order valence-electron chi connectivity index (χ0n) is 11.8. The summed E-state index contributed by atoms with van der Waals surface area (Å²) in [7, 11) is 0. The molecule has 2 aromatic carbocycles. The molecule has 20 heavy (non-hydrogen) atoms. The lowest BCUT2D eigenvalue weighted by Gasteiger charge is -2.08. The third kappa shape index (κ3) is 3.62. The maximum atomic E-state index is 8.75. The Bertz CT molecular complexity index is 599. The second-order valence-electron chi connectivity index (χ2n) is 4.86. The van der Waals surface area contributed by atoms with Gasteiger partial charge in [0.25, 0.3) is 0 Å². The van der Waals surface area contributed by atoms with Crippen molar-refractivity contribution in [2.75, 3.05) is 0 Å². The van der Waals surface area contributed by atoms with Gasteiger partial charge in [-0.15, -0.1) is 0 Å². The van der Waals surface area contributed by atoms with Gasteiger partial charge in [-0.2, -0.15) is 0 Å². The summed E-state index contributed by atoms with van der Waals surface area (Å²) in [5.74, 6) is 0. The molecule has 3 nitrogen and oxygen atoms in total. The monoisotopic (exact) mass is 265 g/mol. The summed E-state index contributed by atoms with van der Waals surface area (Å²) >= 11 is 0. The van der Waals surface area contributed by atoms with E-state index in [1.165, 1.54) is 24.8 Å². The summed E-state index contributed by atoms with van der Waals surface area (Å²) in [6.45, 7) is 2.20. The van der Waals surface area contributed by atoms with Crippen LogP contribution < -0.4 is 0 Å². The number of rotatable bonds is 6. The van der Waals surface area contributed by atoms with Crippen LogP contribution in [0.1, 0.15) is 31.7 Å². The van der Waals surface area contributed by atoms with E-state index in [-0.39, 0.29) is 0 Å². The average Bonchev–Trinajstić information content (AvgIpc) is 2.49. The Kier molecular flexibility index (Phi) is 5.22. The van der Waals surface area contributed by atoms with Crippen LogP contribution >= 0.6 is 0 Å².